The van der Waals surface area contributed by atoms with Crippen molar-refractivity contribution in [3.63, 3.8) is 0 Å². The van der Waals surface area contributed by atoms with Crippen LogP contribution in [0.2, 0.25) is 0 Å². The molecule has 184 valence electrons. The Bertz CT molecular complexity index is 1110. The van der Waals surface area contributed by atoms with Crippen molar-refractivity contribution < 1.29 is 28.6 Å². The molecule has 2 aromatic rings. The van der Waals surface area contributed by atoms with Gasteiger partial charge in [0.2, 0.25) is 0 Å². The van der Waals surface area contributed by atoms with Crippen molar-refractivity contribution in [3.05, 3.63) is 76.7 Å². The number of carbonyl (C=O) groups excluding carboxylic acids is 3. The minimum atomic E-state index is -0.600. The van der Waals surface area contributed by atoms with Crippen LogP contribution < -0.4 is 9.47 Å². The summed E-state index contributed by atoms with van der Waals surface area (Å²) in [5.74, 6) is -0.0282. The van der Waals surface area contributed by atoms with Gasteiger partial charge in [-0.25, -0.2) is 0 Å². The molecule has 2 amide bonds. The number of rotatable bonds is 12. The van der Waals surface area contributed by atoms with Crippen LogP contribution in [-0.2, 0) is 27.4 Å². The first kappa shape index (κ1) is 26.1. The second-order valence-electron chi connectivity index (χ2n) is 7.82. The predicted octanol–water partition coefficient (Wildman–Crippen LogP) is 5.38. The molecule has 2 aromatic carbocycles. The van der Waals surface area contributed by atoms with Crippen LogP contribution in [0.25, 0.3) is 6.08 Å². The van der Waals surface area contributed by atoms with Crippen molar-refractivity contribution in [3.8, 4) is 11.5 Å². The molecule has 0 radical (unpaired) electrons. The number of unbranched alkanes of at least 4 members (excludes halogenated alkanes) is 1. The fraction of sp³-hybridized carbons (Fsp3) is 0.296. The number of esters is 1. The predicted molar refractivity (Wildman–Crippen MR) is 136 cm³/mol. The number of amides is 2. The van der Waals surface area contributed by atoms with Crippen molar-refractivity contribution in [2.45, 2.75) is 32.8 Å². The molecule has 0 bridgehead atoms. The molecule has 3 rings (SSSR count). The minimum Gasteiger partial charge on any atom is -0.493 e. The lowest BCUT2D eigenvalue weighted by molar-refractivity contribution is -0.146. The van der Waals surface area contributed by atoms with Crippen LogP contribution in [0.5, 0.6) is 11.5 Å². The average molecular weight is 496 g/mol. The number of imide groups is 1. The van der Waals surface area contributed by atoms with E-state index in [0.717, 1.165) is 40.6 Å². The van der Waals surface area contributed by atoms with Gasteiger partial charge in [-0.1, -0.05) is 49.8 Å². The van der Waals surface area contributed by atoms with E-state index in [1.54, 1.807) is 25.3 Å². The topological polar surface area (TPSA) is 82.1 Å². The molecule has 0 unspecified atom stereocenters. The Morgan fingerprint density at radius 2 is 1.94 bits per heavy atom. The number of thioether (sulfide) groups is 1. The van der Waals surface area contributed by atoms with Gasteiger partial charge in [-0.3, -0.25) is 19.3 Å². The van der Waals surface area contributed by atoms with Crippen molar-refractivity contribution >= 4 is 35.0 Å². The van der Waals surface area contributed by atoms with Gasteiger partial charge in [-0.15, -0.1) is 6.58 Å². The molecular formula is C27H29NO6S. The van der Waals surface area contributed by atoms with Crippen LogP contribution in [0, 0.1) is 0 Å². The third-order valence-electron chi connectivity index (χ3n) is 5.18. The van der Waals surface area contributed by atoms with E-state index in [4.69, 9.17) is 14.2 Å². The normalized spacial score (nSPS) is 14.3. The molecule has 0 saturated carbocycles. The maximum atomic E-state index is 12.8. The van der Waals surface area contributed by atoms with E-state index in [-0.39, 0.29) is 11.5 Å². The van der Waals surface area contributed by atoms with Crippen LogP contribution in [0.3, 0.4) is 0 Å². The lowest BCUT2D eigenvalue weighted by Gasteiger charge is -2.16. The van der Waals surface area contributed by atoms with Crippen LogP contribution in [0.4, 0.5) is 4.79 Å². The molecular weight excluding hydrogens is 466 g/mol. The van der Waals surface area contributed by atoms with E-state index in [1.807, 2.05) is 43.3 Å². The fourth-order valence-corrected chi connectivity index (χ4v) is 4.25. The van der Waals surface area contributed by atoms with E-state index < -0.39 is 23.7 Å². The summed E-state index contributed by atoms with van der Waals surface area (Å²) in [4.78, 5) is 38.3. The summed E-state index contributed by atoms with van der Waals surface area (Å²) in [6.45, 7) is 6.04. The molecule has 0 spiro atoms. The smallest absolute Gasteiger partial charge is 0.326 e. The van der Waals surface area contributed by atoms with Gasteiger partial charge in [0.25, 0.3) is 11.1 Å². The number of ether oxygens (including phenoxy) is 3. The van der Waals surface area contributed by atoms with E-state index in [2.05, 4.69) is 6.58 Å². The Kier molecular flexibility index (Phi) is 9.55. The Hall–Kier alpha value is -3.52. The number of hydrogen-bond donors (Lipinski definition) is 0. The van der Waals surface area contributed by atoms with Gasteiger partial charge in [0.05, 0.1) is 18.6 Å². The molecule has 1 heterocycles. The van der Waals surface area contributed by atoms with Gasteiger partial charge < -0.3 is 14.2 Å². The lowest BCUT2D eigenvalue weighted by Crippen LogP contribution is -2.34. The number of nitrogens with zero attached hydrogens (tertiary/aromatic N) is 1. The Morgan fingerprint density at radius 3 is 2.63 bits per heavy atom. The first-order valence-electron chi connectivity index (χ1n) is 11.4. The summed E-state index contributed by atoms with van der Waals surface area (Å²) >= 11 is 0.790. The van der Waals surface area contributed by atoms with Gasteiger partial charge in [0.1, 0.15) is 13.2 Å². The van der Waals surface area contributed by atoms with Crippen LogP contribution in [0.15, 0.2) is 60.0 Å². The van der Waals surface area contributed by atoms with E-state index in [9.17, 15) is 14.4 Å². The monoisotopic (exact) mass is 495 g/mol. The van der Waals surface area contributed by atoms with Gasteiger partial charge in [0, 0.05) is 5.56 Å². The van der Waals surface area contributed by atoms with Crippen LogP contribution in [-0.4, -0.2) is 42.3 Å². The largest absolute Gasteiger partial charge is 0.493 e. The van der Waals surface area contributed by atoms with Crippen molar-refractivity contribution in [2.24, 2.45) is 0 Å². The van der Waals surface area contributed by atoms with Crippen LogP contribution in [0.1, 0.15) is 36.5 Å². The molecule has 8 heteroatoms. The second-order valence-corrected chi connectivity index (χ2v) is 8.81. The van der Waals surface area contributed by atoms with E-state index >= 15 is 0 Å². The van der Waals surface area contributed by atoms with Gasteiger partial charge in [-0.2, -0.15) is 0 Å². The number of benzene rings is 2. The highest BCUT2D eigenvalue weighted by Crippen LogP contribution is 2.37. The van der Waals surface area contributed by atoms with E-state index in [1.165, 1.54) is 0 Å². The van der Waals surface area contributed by atoms with Crippen molar-refractivity contribution in [1.82, 2.24) is 4.90 Å². The number of methoxy groups -OCH3 is 1. The number of carbonyl (C=O) groups is 3. The third-order valence-corrected chi connectivity index (χ3v) is 6.09. The van der Waals surface area contributed by atoms with E-state index in [0.29, 0.717) is 30.1 Å². The van der Waals surface area contributed by atoms with Gasteiger partial charge in [0.15, 0.2) is 11.5 Å². The maximum absolute atomic E-state index is 12.8. The van der Waals surface area contributed by atoms with Crippen molar-refractivity contribution in [1.29, 1.82) is 0 Å². The quantitative estimate of drug-likeness (QED) is 0.169. The highest BCUT2D eigenvalue weighted by molar-refractivity contribution is 8.18. The zero-order valence-electron chi connectivity index (χ0n) is 20.0. The fourth-order valence-electron chi connectivity index (χ4n) is 3.41. The van der Waals surface area contributed by atoms with Gasteiger partial charge in [-0.05, 0) is 53.9 Å². The summed E-state index contributed by atoms with van der Waals surface area (Å²) in [7, 11) is 1.55. The second kappa shape index (κ2) is 12.8. The zero-order chi connectivity index (χ0) is 25.2. The molecule has 0 N–H and O–H groups in total. The summed E-state index contributed by atoms with van der Waals surface area (Å²) in [6, 6.07) is 13.4. The molecule has 35 heavy (non-hydrogen) atoms. The molecule has 1 aliphatic rings. The highest BCUT2D eigenvalue weighted by Gasteiger charge is 2.36. The highest BCUT2D eigenvalue weighted by atomic mass is 32.2. The van der Waals surface area contributed by atoms with Gasteiger partial charge >= 0.3 is 5.97 Å². The molecule has 7 nitrogen and oxygen atoms in total. The van der Waals surface area contributed by atoms with Crippen molar-refractivity contribution in [2.75, 3.05) is 20.3 Å². The summed E-state index contributed by atoms with van der Waals surface area (Å²) in [5.41, 5.74) is 2.52. The Balaban J connectivity index is 1.81. The summed E-state index contributed by atoms with van der Waals surface area (Å²) < 4.78 is 16.7. The SMILES string of the molecule is C=CCc1cc(/C=C2\SC(=O)N(CC(=O)OCCCC)C2=O)cc(OC)c1OCc1ccccc1. The maximum Gasteiger partial charge on any atom is 0.326 e. The molecule has 0 aliphatic carbocycles. The van der Waals surface area contributed by atoms with Crippen LogP contribution >= 0.6 is 11.8 Å². The average Bonchev–Trinajstić information content (AvgIpc) is 3.11. The standard InChI is InChI=1S/C27H29NO6S/c1-4-6-13-33-24(29)17-28-26(30)23(35-27(28)31)16-20-14-21(10-5-2)25(22(15-20)32-3)34-18-19-11-8-7-9-12-19/h5,7-9,11-12,14-16H,2,4,6,10,13,17-18H2,1,3H3/b23-16-. The third kappa shape index (κ3) is 6.99. The molecule has 0 atom stereocenters. The minimum absolute atomic E-state index is 0.223. The Morgan fingerprint density at radius 1 is 1.17 bits per heavy atom. The lowest BCUT2D eigenvalue weighted by atomic mass is 10.0. The zero-order valence-corrected chi connectivity index (χ0v) is 20.8. The molecule has 1 saturated heterocycles. The molecule has 0 aromatic heterocycles. The molecule has 1 aliphatic heterocycles. The number of hydrogen-bond acceptors (Lipinski definition) is 7. The summed E-state index contributed by atoms with van der Waals surface area (Å²) in [6.07, 6.45) is 5.50. The number of allylic oxidation sites excluding steroid dienone is 1. The summed E-state index contributed by atoms with van der Waals surface area (Å²) in [5, 5.41) is -0.505. The first-order chi connectivity index (χ1) is 17.0. The first-order valence-corrected chi connectivity index (χ1v) is 12.2. The Labute approximate surface area is 209 Å². The molecule has 1 fully saturated rings.